The van der Waals surface area contributed by atoms with Crippen LogP contribution in [-0.2, 0) is 9.59 Å². The second kappa shape index (κ2) is 11.0. The van der Waals surface area contributed by atoms with Gasteiger partial charge in [0, 0.05) is 50.9 Å². The largest absolute Gasteiger partial charge is 0.369 e. The van der Waals surface area contributed by atoms with Gasteiger partial charge in [0.2, 0.25) is 5.91 Å². The van der Waals surface area contributed by atoms with Gasteiger partial charge in [-0.05, 0) is 29.8 Å². The minimum atomic E-state index is -0.448. The molecule has 1 aliphatic rings. The van der Waals surface area contributed by atoms with Gasteiger partial charge in [0.25, 0.3) is 5.91 Å². The van der Waals surface area contributed by atoms with E-state index >= 15 is 0 Å². The highest BCUT2D eigenvalue weighted by Crippen LogP contribution is 2.26. The highest BCUT2D eigenvalue weighted by atomic mass is 35.5. The van der Waals surface area contributed by atoms with Crippen molar-refractivity contribution in [3.8, 4) is 0 Å². The number of carbonyl (C=O) groups is 2. The SMILES string of the molecule is O=C(/C=C/c1cccc(Cl)c1Cl)NNC(=O)CCN1CCN(c2ccccc2)CC1. The Morgan fingerprint density at radius 3 is 2.40 bits per heavy atom. The zero-order valence-corrected chi connectivity index (χ0v) is 18.0. The number of carbonyl (C=O) groups excluding carboxylic acids is 2. The van der Waals surface area contributed by atoms with E-state index in [-0.39, 0.29) is 5.91 Å². The molecule has 0 atom stereocenters. The average molecular weight is 447 g/mol. The van der Waals surface area contributed by atoms with E-state index in [1.807, 2.05) is 18.2 Å². The standard InChI is InChI=1S/C22H24Cl2N4O2/c23-19-8-4-5-17(22(19)24)9-10-20(29)25-26-21(30)11-12-27-13-15-28(16-14-27)18-6-2-1-3-7-18/h1-10H,11-16H2,(H,25,29)(H,26,30)/b10-9+. The van der Waals surface area contributed by atoms with Crippen molar-refractivity contribution in [3.05, 3.63) is 70.2 Å². The van der Waals surface area contributed by atoms with Crippen LogP contribution in [0, 0.1) is 0 Å². The monoisotopic (exact) mass is 446 g/mol. The Kier molecular flexibility index (Phi) is 8.13. The molecule has 158 valence electrons. The quantitative estimate of drug-likeness (QED) is 0.527. The Hall–Kier alpha value is -2.54. The van der Waals surface area contributed by atoms with Crippen molar-refractivity contribution < 1.29 is 9.59 Å². The highest BCUT2D eigenvalue weighted by molar-refractivity contribution is 6.42. The molecule has 2 aromatic rings. The minimum absolute atomic E-state index is 0.233. The van der Waals surface area contributed by atoms with Gasteiger partial charge in [-0.2, -0.15) is 0 Å². The summed E-state index contributed by atoms with van der Waals surface area (Å²) < 4.78 is 0. The van der Waals surface area contributed by atoms with Crippen LogP contribution in [0.3, 0.4) is 0 Å². The lowest BCUT2D eigenvalue weighted by Gasteiger charge is -2.36. The summed E-state index contributed by atoms with van der Waals surface area (Å²) in [6, 6.07) is 15.5. The number of para-hydroxylation sites is 1. The van der Waals surface area contributed by atoms with Crippen molar-refractivity contribution in [2.24, 2.45) is 0 Å². The second-order valence-electron chi connectivity index (χ2n) is 6.93. The Balaban J connectivity index is 1.35. The van der Waals surface area contributed by atoms with Gasteiger partial charge in [-0.15, -0.1) is 0 Å². The molecule has 30 heavy (non-hydrogen) atoms. The van der Waals surface area contributed by atoms with Gasteiger partial charge in [0.05, 0.1) is 10.0 Å². The number of piperazine rings is 1. The maximum Gasteiger partial charge on any atom is 0.262 e. The van der Waals surface area contributed by atoms with Crippen molar-refractivity contribution in [1.82, 2.24) is 15.8 Å². The van der Waals surface area contributed by atoms with Gasteiger partial charge in [0.1, 0.15) is 0 Å². The fraction of sp³-hybridized carbons (Fsp3) is 0.273. The number of nitrogens with one attached hydrogen (secondary N) is 2. The number of benzene rings is 2. The lowest BCUT2D eigenvalue weighted by Crippen LogP contribution is -2.48. The molecule has 2 amide bonds. The first kappa shape index (κ1) is 22.2. The molecule has 3 rings (SSSR count). The van der Waals surface area contributed by atoms with E-state index < -0.39 is 5.91 Å². The molecule has 0 aromatic heterocycles. The van der Waals surface area contributed by atoms with Gasteiger partial charge in [-0.1, -0.05) is 53.5 Å². The van der Waals surface area contributed by atoms with E-state index in [0.717, 1.165) is 26.2 Å². The Labute approximate surface area is 186 Å². The van der Waals surface area contributed by atoms with Crippen LogP contribution in [0.1, 0.15) is 12.0 Å². The molecule has 0 bridgehead atoms. The number of nitrogens with zero attached hydrogens (tertiary/aromatic N) is 2. The number of amides is 2. The number of anilines is 1. The second-order valence-corrected chi connectivity index (χ2v) is 7.71. The van der Waals surface area contributed by atoms with Crippen molar-refractivity contribution in [1.29, 1.82) is 0 Å². The normalized spacial score (nSPS) is 14.7. The average Bonchev–Trinajstić information content (AvgIpc) is 2.78. The number of hydrazine groups is 1. The summed E-state index contributed by atoms with van der Waals surface area (Å²) >= 11 is 12.0. The molecular weight excluding hydrogens is 423 g/mol. The molecule has 1 fully saturated rings. The Bertz CT molecular complexity index is 897. The summed E-state index contributed by atoms with van der Waals surface area (Å²) in [6.07, 6.45) is 3.15. The molecule has 8 heteroatoms. The van der Waals surface area contributed by atoms with Crippen molar-refractivity contribution in [2.45, 2.75) is 6.42 Å². The molecule has 0 radical (unpaired) electrons. The van der Waals surface area contributed by atoms with Crippen LogP contribution in [0.25, 0.3) is 6.08 Å². The van der Waals surface area contributed by atoms with E-state index in [0.29, 0.717) is 28.6 Å². The van der Waals surface area contributed by atoms with Crippen molar-refractivity contribution >= 4 is 46.8 Å². The third-order valence-corrected chi connectivity index (χ3v) is 5.70. The zero-order valence-electron chi connectivity index (χ0n) is 16.5. The first-order chi connectivity index (χ1) is 14.5. The lowest BCUT2D eigenvalue weighted by atomic mass is 10.2. The molecule has 0 spiro atoms. The van der Waals surface area contributed by atoms with Crippen molar-refractivity contribution in [2.75, 3.05) is 37.6 Å². The highest BCUT2D eigenvalue weighted by Gasteiger charge is 2.17. The van der Waals surface area contributed by atoms with Gasteiger partial charge in [0.15, 0.2) is 0 Å². The lowest BCUT2D eigenvalue weighted by molar-refractivity contribution is -0.127. The molecular formula is C22H24Cl2N4O2. The van der Waals surface area contributed by atoms with Crippen LogP contribution in [0.2, 0.25) is 10.0 Å². The van der Waals surface area contributed by atoms with E-state index in [4.69, 9.17) is 23.2 Å². The Morgan fingerprint density at radius 1 is 0.933 bits per heavy atom. The fourth-order valence-electron chi connectivity index (χ4n) is 3.18. The van der Waals surface area contributed by atoms with Crippen molar-refractivity contribution in [3.63, 3.8) is 0 Å². The number of hydrogen-bond donors (Lipinski definition) is 2. The van der Waals surface area contributed by atoms with E-state index in [9.17, 15) is 9.59 Å². The molecule has 2 N–H and O–H groups in total. The van der Waals surface area contributed by atoms with Gasteiger partial charge < -0.3 is 4.90 Å². The predicted octanol–water partition coefficient (Wildman–Crippen LogP) is 3.37. The number of rotatable bonds is 6. The summed E-state index contributed by atoms with van der Waals surface area (Å²) in [5.74, 6) is -0.682. The molecule has 0 saturated carbocycles. The van der Waals surface area contributed by atoms with Crippen LogP contribution < -0.4 is 15.8 Å². The van der Waals surface area contributed by atoms with Crippen LogP contribution in [0.5, 0.6) is 0 Å². The van der Waals surface area contributed by atoms with Gasteiger partial charge >= 0.3 is 0 Å². The summed E-state index contributed by atoms with van der Waals surface area (Å²) in [7, 11) is 0. The zero-order chi connectivity index (χ0) is 21.3. The summed E-state index contributed by atoms with van der Waals surface area (Å²) in [4.78, 5) is 28.5. The third-order valence-electron chi connectivity index (χ3n) is 4.87. The maximum absolute atomic E-state index is 12.0. The van der Waals surface area contributed by atoms with E-state index in [2.05, 4.69) is 32.8 Å². The molecule has 1 heterocycles. The number of hydrogen-bond acceptors (Lipinski definition) is 4. The van der Waals surface area contributed by atoms with Gasteiger partial charge in [-0.3, -0.25) is 25.3 Å². The molecule has 0 aliphatic carbocycles. The molecule has 1 aliphatic heterocycles. The topological polar surface area (TPSA) is 64.7 Å². The predicted molar refractivity (Wildman–Crippen MR) is 121 cm³/mol. The molecule has 0 unspecified atom stereocenters. The van der Waals surface area contributed by atoms with E-state index in [1.165, 1.54) is 11.8 Å². The first-order valence-electron chi connectivity index (χ1n) is 9.76. The summed E-state index contributed by atoms with van der Waals surface area (Å²) in [5.41, 5.74) is 6.66. The number of halogens is 2. The van der Waals surface area contributed by atoms with Crippen LogP contribution >= 0.6 is 23.2 Å². The van der Waals surface area contributed by atoms with Crippen LogP contribution in [0.15, 0.2) is 54.6 Å². The third kappa shape index (κ3) is 6.49. The maximum atomic E-state index is 12.0. The first-order valence-corrected chi connectivity index (χ1v) is 10.5. The van der Waals surface area contributed by atoms with Gasteiger partial charge in [-0.25, -0.2) is 0 Å². The summed E-state index contributed by atoms with van der Waals surface area (Å²) in [5, 5.41) is 0.789. The van der Waals surface area contributed by atoms with Crippen LogP contribution in [0.4, 0.5) is 5.69 Å². The smallest absolute Gasteiger partial charge is 0.262 e. The van der Waals surface area contributed by atoms with Crippen LogP contribution in [-0.4, -0.2) is 49.4 Å². The summed E-state index contributed by atoms with van der Waals surface area (Å²) in [6.45, 7) is 4.31. The Morgan fingerprint density at radius 2 is 1.67 bits per heavy atom. The minimum Gasteiger partial charge on any atom is -0.369 e. The molecule has 6 nitrogen and oxygen atoms in total. The molecule has 2 aromatic carbocycles. The van der Waals surface area contributed by atoms with E-state index in [1.54, 1.807) is 24.3 Å². The fourth-order valence-corrected chi connectivity index (χ4v) is 3.55. The molecule has 1 saturated heterocycles.